The number of hydrogen-bond acceptors (Lipinski definition) is 3. The van der Waals surface area contributed by atoms with Crippen LogP contribution in [0.2, 0.25) is 0 Å². The van der Waals surface area contributed by atoms with Crippen molar-refractivity contribution in [2.75, 3.05) is 6.54 Å². The molecule has 1 unspecified atom stereocenters. The second-order valence-electron chi connectivity index (χ2n) is 5.30. The molecule has 0 aromatic carbocycles. The smallest absolute Gasteiger partial charge is 0.123 e. The molecule has 0 saturated heterocycles. The Morgan fingerprint density at radius 3 is 2.78 bits per heavy atom. The maximum Gasteiger partial charge on any atom is 0.123 e. The predicted octanol–water partition coefficient (Wildman–Crippen LogP) is 3.73. The Morgan fingerprint density at radius 1 is 1.33 bits per heavy atom. The van der Waals surface area contributed by atoms with Gasteiger partial charge in [-0.1, -0.05) is 20.8 Å². The van der Waals surface area contributed by atoms with Crippen LogP contribution in [0, 0.1) is 5.92 Å². The first-order chi connectivity index (χ1) is 8.63. The fraction of sp³-hybridized carbons (Fsp3) is 0.733. The molecule has 0 radical (unpaired) electrons. The molecule has 3 nitrogen and oxygen atoms in total. The third-order valence-electron chi connectivity index (χ3n) is 2.88. The Morgan fingerprint density at radius 2 is 2.11 bits per heavy atom. The quantitative estimate of drug-likeness (QED) is 0.681. The van der Waals surface area contributed by atoms with Crippen LogP contribution in [-0.4, -0.2) is 12.6 Å². The molecule has 18 heavy (non-hydrogen) atoms. The highest BCUT2D eigenvalue weighted by Crippen LogP contribution is 2.15. The van der Waals surface area contributed by atoms with Crippen molar-refractivity contribution in [2.45, 2.75) is 59.8 Å². The molecular formula is C15H27NO2. The van der Waals surface area contributed by atoms with E-state index in [-0.39, 0.29) is 0 Å². The molecule has 0 fully saturated rings. The summed E-state index contributed by atoms with van der Waals surface area (Å²) in [6, 6.07) is 2.01. The molecule has 0 amide bonds. The van der Waals surface area contributed by atoms with Crippen molar-refractivity contribution >= 4 is 0 Å². The van der Waals surface area contributed by atoms with Crippen molar-refractivity contribution < 1.29 is 9.15 Å². The molecule has 104 valence electrons. The standard InChI is InChI=1S/C15H27NO2/c1-5-7-16-10-15-14(6-8-17-15)11-18-13(4)9-12(2)3/h6,8,12-13,16H,5,7,9-11H2,1-4H3. The maximum absolute atomic E-state index is 5.86. The molecule has 1 aromatic heterocycles. The fourth-order valence-corrected chi connectivity index (χ4v) is 1.99. The first-order valence-electron chi connectivity index (χ1n) is 7.01. The van der Waals surface area contributed by atoms with Gasteiger partial charge in [-0.2, -0.15) is 0 Å². The van der Waals surface area contributed by atoms with Crippen molar-refractivity contribution in [1.82, 2.24) is 5.32 Å². The third-order valence-corrected chi connectivity index (χ3v) is 2.88. The van der Waals surface area contributed by atoms with E-state index in [1.165, 1.54) is 0 Å². The highest BCUT2D eigenvalue weighted by Gasteiger charge is 2.09. The molecule has 1 rings (SSSR count). The van der Waals surface area contributed by atoms with Crippen molar-refractivity contribution in [3.8, 4) is 0 Å². The van der Waals surface area contributed by atoms with Gasteiger partial charge in [-0.05, 0) is 38.3 Å². The van der Waals surface area contributed by atoms with E-state index >= 15 is 0 Å². The van der Waals surface area contributed by atoms with Gasteiger partial charge in [-0.15, -0.1) is 0 Å². The van der Waals surface area contributed by atoms with E-state index in [0.29, 0.717) is 18.6 Å². The van der Waals surface area contributed by atoms with E-state index in [0.717, 1.165) is 37.3 Å². The Balaban J connectivity index is 2.35. The number of hydrogen-bond donors (Lipinski definition) is 1. The highest BCUT2D eigenvalue weighted by molar-refractivity contribution is 5.15. The van der Waals surface area contributed by atoms with Gasteiger partial charge in [0.1, 0.15) is 5.76 Å². The lowest BCUT2D eigenvalue weighted by Crippen LogP contribution is -2.15. The van der Waals surface area contributed by atoms with Crippen LogP contribution < -0.4 is 5.32 Å². The molecule has 0 bridgehead atoms. The fourth-order valence-electron chi connectivity index (χ4n) is 1.99. The summed E-state index contributed by atoms with van der Waals surface area (Å²) in [6.45, 7) is 11.2. The Kier molecular flexibility index (Phi) is 7.06. The van der Waals surface area contributed by atoms with Crippen LogP contribution >= 0.6 is 0 Å². The van der Waals surface area contributed by atoms with Gasteiger partial charge in [-0.25, -0.2) is 0 Å². The number of ether oxygens (including phenoxy) is 1. The monoisotopic (exact) mass is 253 g/mol. The van der Waals surface area contributed by atoms with Crippen molar-refractivity contribution in [1.29, 1.82) is 0 Å². The first kappa shape index (κ1) is 15.3. The average molecular weight is 253 g/mol. The minimum Gasteiger partial charge on any atom is -0.468 e. The highest BCUT2D eigenvalue weighted by atomic mass is 16.5. The second kappa shape index (κ2) is 8.33. The molecule has 0 aliphatic rings. The third kappa shape index (κ3) is 5.69. The van der Waals surface area contributed by atoms with Gasteiger partial charge in [0.25, 0.3) is 0 Å². The van der Waals surface area contributed by atoms with Crippen LogP contribution in [0.1, 0.15) is 51.9 Å². The van der Waals surface area contributed by atoms with E-state index in [1.54, 1.807) is 6.26 Å². The summed E-state index contributed by atoms with van der Waals surface area (Å²) in [4.78, 5) is 0. The lowest BCUT2D eigenvalue weighted by molar-refractivity contribution is 0.0389. The molecule has 0 saturated carbocycles. The summed E-state index contributed by atoms with van der Waals surface area (Å²) in [5, 5.41) is 3.35. The molecule has 1 aromatic rings. The summed E-state index contributed by atoms with van der Waals surface area (Å²) in [5.41, 5.74) is 1.16. The summed E-state index contributed by atoms with van der Waals surface area (Å²) in [6.07, 6.45) is 4.28. The van der Waals surface area contributed by atoms with Crippen molar-refractivity contribution in [3.05, 3.63) is 23.7 Å². The van der Waals surface area contributed by atoms with Gasteiger partial charge in [0, 0.05) is 5.56 Å². The molecule has 1 N–H and O–H groups in total. The zero-order valence-electron chi connectivity index (χ0n) is 12.2. The van der Waals surface area contributed by atoms with Gasteiger partial charge in [-0.3, -0.25) is 0 Å². The van der Waals surface area contributed by atoms with Crippen molar-refractivity contribution in [2.24, 2.45) is 5.92 Å². The SMILES string of the molecule is CCCNCc1occc1COC(C)CC(C)C. The van der Waals surface area contributed by atoms with E-state index < -0.39 is 0 Å². The molecule has 0 aliphatic heterocycles. The molecule has 1 heterocycles. The largest absolute Gasteiger partial charge is 0.468 e. The zero-order valence-corrected chi connectivity index (χ0v) is 12.2. The molecular weight excluding hydrogens is 226 g/mol. The molecule has 3 heteroatoms. The first-order valence-corrected chi connectivity index (χ1v) is 7.01. The number of furan rings is 1. The van der Waals surface area contributed by atoms with Gasteiger partial charge < -0.3 is 14.5 Å². The second-order valence-corrected chi connectivity index (χ2v) is 5.30. The molecule has 1 atom stereocenters. The van der Waals surface area contributed by atoms with Crippen LogP contribution in [0.25, 0.3) is 0 Å². The minimum atomic E-state index is 0.302. The lowest BCUT2D eigenvalue weighted by Gasteiger charge is -2.15. The van der Waals surface area contributed by atoms with Gasteiger partial charge in [0.2, 0.25) is 0 Å². The summed E-state index contributed by atoms with van der Waals surface area (Å²) < 4.78 is 11.3. The molecule has 0 aliphatic carbocycles. The van der Waals surface area contributed by atoms with Gasteiger partial charge in [0.05, 0.1) is 25.5 Å². The van der Waals surface area contributed by atoms with Crippen LogP contribution in [0.5, 0.6) is 0 Å². The number of nitrogens with one attached hydrogen (secondary N) is 1. The number of rotatable bonds is 9. The van der Waals surface area contributed by atoms with E-state index in [1.807, 2.05) is 6.07 Å². The van der Waals surface area contributed by atoms with Crippen molar-refractivity contribution in [3.63, 3.8) is 0 Å². The Labute approximate surface area is 111 Å². The summed E-state index contributed by atoms with van der Waals surface area (Å²) in [7, 11) is 0. The topological polar surface area (TPSA) is 34.4 Å². The van der Waals surface area contributed by atoms with Gasteiger partial charge >= 0.3 is 0 Å². The average Bonchev–Trinajstić information content (AvgIpc) is 2.73. The Hall–Kier alpha value is -0.800. The van der Waals surface area contributed by atoms with Crippen LogP contribution in [-0.2, 0) is 17.9 Å². The van der Waals surface area contributed by atoms with Gasteiger partial charge in [0.15, 0.2) is 0 Å². The van der Waals surface area contributed by atoms with E-state index in [2.05, 4.69) is 33.0 Å². The minimum absolute atomic E-state index is 0.302. The maximum atomic E-state index is 5.86. The normalized spacial score (nSPS) is 13.2. The van der Waals surface area contributed by atoms with Crippen LogP contribution in [0.15, 0.2) is 16.7 Å². The summed E-state index contributed by atoms with van der Waals surface area (Å²) >= 11 is 0. The summed E-state index contributed by atoms with van der Waals surface area (Å²) in [5.74, 6) is 1.68. The van der Waals surface area contributed by atoms with E-state index in [4.69, 9.17) is 9.15 Å². The molecule has 0 spiro atoms. The van der Waals surface area contributed by atoms with Crippen LogP contribution in [0.3, 0.4) is 0 Å². The lowest BCUT2D eigenvalue weighted by atomic mass is 10.1. The van der Waals surface area contributed by atoms with E-state index in [9.17, 15) is 0 Å². The Bertz CT molecular complexity index is 320. The predicted molar refractivity (Wildman–Crippen MR) is 74.4 cm³/mol. The van der Waals surface area contributed by atoms with Crippen LogP contribution in [0.4, 0.5) is 0 Å². The zero-order chi connectivity index (χ0) is 13.4.